The van der Waals surface area contributed by atoms with Gasteiger partial charge in [-0.15, -0.1) is 0 Å². The van der Waals surface area contributed by atoms with Gasteiger partial charge in [-0.3, -0.25) is 4.79 Å². The van der Waals surface area contributed by atoms with Gasteiger partial charge in [0.2, 0.25) is 5.91 Å². The number of hydrogen-bond donors (Lipinski definition) is 1. The van der Waals surface area contributed by atoms with Gasteiger partial charge in [0, 0.05) is 5.92 Å². The van der Waals surface area contributed by atoms with E-state index in [1.54, 1.807) is 13.8 Å². The molecule has 1 aliphatic rings. The minimum atomic E-state index is -4.37. The van der Waals surface area contributed by atoms with Crippen LogP contribution in [0.15, 0.2) is 24.3 Å². The van der Waals surface area contributed by atoms with Gasteiger partial charge in [-0.2, -0.15) is 13.2 Å². The Hall–Kier alpha value is -2.05. The predicted octanol–water partition coefficient (Wildman–Crippen LogP) is 3.12. The number of carbonyl (C=O) groups is 2. The molecule has 0 heterocycles. The molecule has 0 spiro atoms. The van der Waals surface area contributed by atoms with Gasteiger partial charge in [-0.25, -0.2) is 4.79 Å². The van der Waals surface area contributed by atoms with Crippen LogP contribution in [0, 0.1) is 11.8 Å². The van der Waals surface area contributed by atoms with Crippen molar-refractivity contribution in [3.05, 3.63) is 35.4 Å². The van der Waals surface area contributed by atoms with Crippen molar-refractivity contribution in [2.75, 3.05) is 7.11 Å². The van der Waals surface area contributed by atoms with Crippen LogP contribution in [-0.4, -0.2) is 25.0 Å². The standard InChI is InChI=1S/C17H20F3NO3/c1-9(2)14(16(23)24-3)21-15(22)13-8-12(13)10-4-6-11(7-5-10)17(18,19)20/h4-7,9,12-14H,8H2,1-3H3,(H,21,22)/t12?,13?,14-/m0/s1. The fraction of sp³-hybridized carbons (Fsp3) is 0.529. The number of amides is 1. The lowest BCUT2D eigenvalue weighted by atomic mass is 10.0. The molecule has 0 aliphatic heterocycles. The van der Waals surface area contributed by atoms with E-state index in [1.807, 2.05) is 0 Å². The number of carbonyl (C=O) groups excluding carboxylic acids is 2. The second-order valence-electron chi connectivity index (χ2n) is 6.32. The lowest BCUT2D eigenvalue weighted by Gasteiger charge is -2.19. The fourth-order valence-electron chi connectivity index (χ4n) is 2.66. The van der Waals surface area contributed by atoms with Crippen molar-refractivity contribution in [1.29, 1.82) is 0 Å². The third-order valence-corrected chi connectivity index (χ3v) is 4.21. The van der Waals surface area contributed by atoms with E-state index in [4.69, 9.17) is 0 Å². The minimum Gasteiger partial charge on any atom is -0.467 e. The third-order valence-electron chi connectivity index (χ3n) is 4.21. The molecule has 1 N–H and O–H groups in total. The average Bonchev–Trinajstić information content (AvgIpc) is 3.31. The van der Waals surface area contributed by atoms with Crippen molar-refractivity contribution >= 4 is 11.9 Å². The topological polar surface area (TPSA) is 55.4 Å². The van der Waals surface area contributed by atoms with Gasteiger partial charge in [0.15, 0.2) is 0 Å². The van der Waals surface area contributed by atoms with Crippen LogP contribution in [0.25, 0.3) is 0 Å². The predicted molar refractivity (Wildman–Crippen MR) is 81.1 cm³/mol. The molecule has 1 aromatic rings. The van der Waals surface area contributed by atoms with Crippen LogP contribution >= 0.6 is 0 Å². The summed E-state index contributed by atoms with van der Waals surface area (Å²) in [5, 5.41) is 2.67. The largest absolute Gasteiger partial charge is 0.467 e. The van der Waals surface area contributed by atoms with Crippen molar-refractivity contribution in [1.82, 2.24) is 5.32 Å². The zero-order valence-electron chi connectivity index (χ0n) is 13.7. The first kappa shape index (κ1) is 18.3. The molecule has 0 bridgehead atoms. The highest BCUT2D eigenvalue weighted by atomic mass is 19.4. The van der Waals surface area contributed by atoms with E-state index in [1.165, 1.54) is 19.2 Å². The molecular formula is C17H20F3NO3. The van der Waals surface area contributed by atoms with Gasteiger partial charge in [0.1, 0.15) is 6.04 Å². The minimum absolute atomic E-state index is 0.113. The van der Waals surface area contributed by atoms with Crippen LogP contribution in [0.3, 0.4) is 0 Å². The molecule has 1 aliphatic carbocycles. The van der Waals surface area contributed by atoms with Crippen molar-refractivity contribution in [2.45, 2.75) is 38.4 Å². The summed E-state index contributed by atoms with van der Waals surface area (Å²) in [7, 11) is 1.26. The molecule has 0 radical (unpaired) electrons. The zero-order chi connectivity index (χ0) is 18.1. The number of halogens is 3. The van der Waals surface area contributed by atoms with E-state index in [-0.39, 0.29) is 23.7 Å². The summed E-state index contributed by atoms with van der Waals surface area (Å²) < 4.78 is 42.4. The Labute approximate surface area is 138 Å². The summed E-state index contributed by atoms with van der Waals surface area (Å²) in [5.74, 6) is -1.34. The summed E-state index contributed by atoms with van der Waals surface area (Å²) in [6.07, 6.45) is -3.81. The molecule has 24 heavy (non-hydrogen) atoms. The maximum Gasteiger partial charge on any atom is 0.416 e. The first-order chi connectivity index (χ1) is 11.1. The molecule has 2 unspecified atom stereocenters. The van der Waals surface area contributed by atoms with Crippen LogP contribution in [0.4, 0.5) is 13.2 Å². The average molecular weight is 343 g/mol. The first-order valence-corrected chi connectivity index (χ1v) is 7.70. The Morgan fingerprint density at radius 3 is 2.25 bits per heavy atom. The number of nitrogens with one attached hydrogen (secondary N) is 1. The normalized spacial score (nSPS) is 21.3. The summed E-state index contributed by atoms with van der Waals surface area (Å²) in [5.41, 5.74) is -0.0132. The highest BCUT2D eigenvalue weighted by Crippen LogP contribution is 2.48. The summed E-state index contributed by atoms with van der Waals surface area (Å²) >= 11 is 0. The number of benzene rings is 1. The maximum atomic E-state index is 12.6. The molecule has 3 atom stereocenters. The lowest BCUT2D eigenvalue weighted by Crippen LogP contribution is -2.45. The van der Waals surface area contributed by atoms with E-state index >= 15 is 0 Å². The van der Waals surface area contributed by atoms with Crippen LogP contribution in [0.5, 0.6) is 0 Å². The first-order valence-electron chi connectivity index (χ1n) is 7.70. The summed E-state index contributed by atoms with van der Waals surface area (Å²) in [4.78, 5) is 23.9. The second kappa shape index (κ2) is 6.83. The number of alkyl halides is 3. The Morgan fingerprint density at radius 2 is 1.79 bits per heavy atom. The van der Waals surface area contributed by atoms with Crippen LogP contribution < -0.4 is 5.32 Å². The Morgan fingerprint density at radius 1 is 1.21 bits per heavy atom. The quantitative estimate of drug-likeness (QED) is 0.836. The molecule has 1 aromatic carbocycles. The number of esters is 1. The van der Waals surface area contributed by atoms with Gasteiger partial charge < -0.3 is 10.1 Å². The summed E-state index contributed by atoms with van der Waals surface area (Å²) in [6, 6.07) is 4.13. The van der Waals surface area contributed by atoms with Gasteiger partial charge >= 0.3 is 12.1 Å². The SMILES string of the molecule is COC(=O)[C@@H](NC(=O)C1CC1c1ccc(C(F)(F)F)cc1)C(C)C. The zero-order valence-corrected chi connectivity index (χ0v) is 13.7. The molecule has 2 rings (SSSR count). The van der Waals surface area contributed by atoms with E-state index in [2.05, 4.69) is 10.1 Å². The molecule has 1 saturated carbocycles. The van der Waals surface area contributed by atoms with Crippen molar-refractivity contribution in [2.24, 2.45) is 11.8 Å². The van der Waals surface area contributed by atoms with Crippen molar-refractivity contribution in [3.63, 3.8) is 0 Å². The monoisotopic (exact) mass is 343 g/mol. The number of rotatable bonds is 5. The van der Waals surface area contributed by atoms with Gasteiger partial charge in [0.25, 0.3) is 0 Å². The molecule has 7 heteroatoms. The van der Waals surface area contributed by atoms with Gasteiger partial charge in [0.05, 0.1) is 12.7 Å². The van der Waals surface area contributed by atoms with Crippen LogP contribution in [0.1, 0.15) is 37.3 Å². The van der Waals surface area contributed by atoms with Crippen LogP contribution in [-0.2, 0) is 20.5 Å². The van der Waals surface area contributed by atoms with Crippen molar-refractivity contribution < 1.29 is 27.5 Å². The second-order valence-corrected chi connectivity index (χ2v) is 6.32. The molecule has 1 amide bonds. The van der Waals surface area contributed by atoms with Gasteiger partial charge in [-0.1, -0.05) is 26.0 Å². The Kier molecular flexibility index (Phi) is 5.20. The van der Waals surface area contributed by atoms with E-state index in [0.717, 1.165) is 12.1 Å². The lowest BCUT2D eigenvalue weighted by molar-refractivity contribution is -0.146. The molecule has 0 saturated heterocycles. The molecule has 4 nitrogen and oxygen atoms in total. The molecule has 1 fully saturated rings. The Balaban J connectivity index is 1.99. The molecule has 132 valence electrons. The number of ether oxygens (including phenoxy) is 1. The van der Waals surface area contributed by atoms with E-state index in [0.29, 0.717) is 12.0 Å². The Bertz CT molecular complexity index is 611. The highest BCUT2D eigenvalue weighted by molar-refractivity contribution is 5.88. The van der Waals surface area contributed by atoms with Crippen LogP contribution in [0.2, 0.25) is 0 Å². The van der Waals surface area contributed by atoms with Gasteiger partial charge in [-0.05, 0) is 36.0 Å². The highest BCUT2D eigenvalue weighted by Gasteiger charge is 2.45. The summed E-state index contributed by atoms with van der Waals surface area (Å²) in [6.45, 7) is 3.59. The number of methoxy groups -OCH3 is 1. The van der Waals surface area contributed by atoms with Crippen molar-refractivity contribution in [3.8, 4) is 0 Å². The molecule has 0 aromatic heterocycles. The fourth-order valence-corrected chi connectivity index (χ4v) is 2.66. The van der Waals surface area contributed by atoms with E-state index in [9.17, 15) is 22.8 Å². The number of hydrogen-bond acceptors (Lipinski definition) is 3. The maximum absolute atomic E-state index is 12.6. The van der Waals surface area contributed by atoms with E-state index < -0.39 is 23.8 Å². The molecular weight excluding hydrogens is 323 g/mol. The smallest absolute Gasteiger partial charge is 0.416 e. The third kappa shape index (κ3) is 4.07.